The zero-order valence-corrected chi connectivity index (χ0v) is 16.2. The minimum absolute atomic E-state index is 0.0164. The Morgan fingerprint density at radius 3 is 2.52 bits per heavy atom. The van der Waals surface area contributed by atoms with Crippen LogP contribution in [0.5, 0.6) is 0 Å². The Kier molecular flexibility index (Phi) is 4.53. The smallest absolute Gasteiger partial charge is 0.263 e. The maximum Gasteiger partial charge on any atom is 0.263 e. The number of carbonyl (C=O) groups is 2. The number of anilines is 2. The molecule has 0 saturated carbocycles. The first-order chi connectivity index (χ1) is 12.9. The summed E-state index contributed by atoms with van der Waals surface area (Å²) in [5.74, 6) is -1.44. The van der Waals surface area contributed by atoms with Crippen molar-refractivity contribution in [2.45, 2.75) is 17.7 Å². The van der Waals surface area contributed by atoms with E-state index < -0.39 is 21.9 Å². The van der Waals surface area contributed by atoms with Gasteiger partial charge in [0.25, 0.3) is 10.0 Å². The summed E-state index contributed by atoms with van der Waals surface area (Å²) < 4.78 is 27.2. The first-order valence-corrected chi connectivity index (χ1v) is 10.9. The van der Waals surface area contributed by atoms with Gasteiger partial charge in [-0.25, -0.2) is 13.4 Å². The fourth-order valence-electron chi connectivity index (χ4n) is 3.30. The number of aromatic nitrogens is 1. The lowest BCUT2D eigenvalue weighted by molar-refractivity contribution is -0.122. The number of carbonyl (C=O) groups excluding carboxylic acids is 2. The molecular formula is C17H14ClN3O4S2. The normalized spacial score (nSPS) is 22.6. The quantitative estimate of drug-likeness (QED) is 0.762. The summed E-state index contributed by atoms with van der Waals surface area (Å²) in [7, 11) is -3.79. The standard InChI is InChI=1S/C17H14ClN3O4S2/c18-10-1-6-13-14(9-10)16(23)21(15(13)22)11-2-4-12(5-3-11)27(24,25)20-17-19-7-8-26-17/h1-5,7-8,13-14H,6,9H2,(H,19,20)/t13-,14-/m1/s1. The van der Waals surface area contributed by atoms with Crippen LogP contribution in [0.2, 0.25) is 0 Å². The van der Waals surface area contributed by atoms with E-state index in [0.29, 0.717) is 23.6 Å². The minimum Gasteiger partial charge on any atom is -0.274 e. The fourth-order valence-corrected chi connectivity index (χ4v) is 5.35. The summed E-state index contributed by atoms with van der Waals surface area (Å²) in [4.78, 5) is 30.4. The van der Waals surface area contributed by atoms with Gasteiger partial charge >= 0.3 is 0 Å². The van der Waals surface area contributed by atoms with Gasteiger partial charge in [0.2, 0.25) is 11.8 Å². The summed E-state index contributed by atoms with van der Waals surface area (Å²) in [6.45, 7) is 0. The van der Waals surface area contributed by atoms with Crippen LogP contribution in [0.15, 0.2) is 51.8 Å². The monoisotopic (exact) mass is 423 g/mol. The average Bonchev–Trinajstić information content (AvgIpc) is 3.22. The van der Waals surface area contributed by atoms with Gasteiger partial charge in [-0.3, -0.25) is 19.2 Å². The lowest BCUT2D eigenvalue weighted by Crippen LogP contribution is -2.30. The molecule has 2 aliphatic rings. The molecule has 7 nitrogen and oxygen atoms in total. The summed E-state index contributed by atoms with van der Waals surface area (Å²) in [5.41, 5.74) is 0.351. The molecule has 27 heavy (non-hydrogen) atoms. The zero-order valence-electron chi connectivity index (χ0n) is 13.8. The third kappa shape index (κ3) is 3.26. The number of benzene rings is 1. The van der Waals surface area contributed by atoms with E-state index in [1.807, 2.05) is 0 Å². The highest BCUT2D eigenvalue weighted by molar-refractivity contribution is 7.93. The second-order valence-corrected chi connectivity index (χ2v) is 9.31. The van der Waals surface area contributed by atoms with Crippen LogP contribution in [0.25, 0.3) is 0 Å². The number of nitrogens with zero attached hydrogens (tertiary/aromatic N) is 2. The highest BCUT2D eigenvalue weighted by Crippen LogP contribution is 2.40. The molecule has 2 aromatic rings. The van der Waals surface area contributed by atoms with Crippen LogP contribution in [-0.4, -0.2) is 25.2 Å². The molecule has 1 aliphatic heterocycles. The Balaban J connectivity index is 1.58. The molecule has 0 spiro atoms. The highest BCUT2D eigenvalue weighted by atomic mass is 35.5. The van der Waals surface area contributed by atoms with Crippen LogP contribution in [0.3, 0.4) is 0 Å². The molecule has 2 amide bonds. The molecule has 1 fully saturated rings. The van der Waals surface area contributed by atoms with Crippen molar-refractivity contribution >= 4 is 55.6 Å². The molecule has 2 atom stereocenters. The van der Waals surface area contributed by atoms with E-state index in [9.17, 15) is 18.0 Å². The van der Waals surface area contributed by atoms with Crippen molar-refractivity contribution in [3.05, 3.63) is 47.0 Å². The van der Waals surface area contributed by atoms with Gasteiger partial charge in [0.05, 0.1) is 22.4 Å². The third-order valence-electron chi connectivity index (χ3n) is 4.63. The molecule has 1 aliphatic carbocycles. The molecule has 140 valence electrons. The van der Waals surface area contributed by atoms with Crippen LogP contribution in [0.4, 0.5) is 10.8 Å². The Bertz CT molecular complexity index is 1030. The maximum atomic E-state index is 12.7. The Hall–Kier alpha value is -2.23. The number of nitrogens with one attached hydrogen (secondary N) is 1. The van der Waals surface area contributed by atoms with Gasteiger partial charge < -0.3 is 0 Å². The number of hydrogen-bond acceptors (Lipinski definition) is 6. The van der Waals surface area contributed by atoms with E-state index in [1.165, 1.54) is 41.8 Å². The van der Waals surface area contributed by atoms with Crippen LogP contribution in [0, 0.1) is 11.8 Å². The average molecular weight is 424 g/mol. The number of imide groups is 1. The minimum atomic E-state index is -3.79. The van der Waals surface area contributed by atoms with Crippen molar-refractivity contribution in [3.63, 3.8) is 0 Å². The van der Waals surface area contributed by atoms with E-state index >= 15 is 0 Å². The van der Waals surface area contributed by atoms with Crippen LogP contribution in [0.1, 0.15) is 12.8 Å². The SMILES string of the molecule is O=C1[C@@H]2CC=C(Cl)C[C@H]2C(=O)N1c1ccc(S(=O)(=O)Nc2nccs2)cc1. The van der Waals surface area contributed by atoms with Crippen molar-refractivity contribution in [3.8, 4) is 0 Å². The maximum absolute atomic E-state index is 12.7. The molecule has 0 bridgehead atoms. The summed E-state index contributed by atoms with van der Waals surface area (Å²) in [5, 5.41) is 2.51. The van der Waals surface area contributed by atoms with Gasteiger partial charge in [-0.05, 0) is 37.1 Å². The largest absolute Gasteiger partial charge is 0.274 e. The van der Waals surface area contributed by atoms with Crippen molar-refractivity contribution in [2.75, 3.05) is 9.62 Å². The Morgan fingerprint density at radius 2 is 1.85 bits per heavy atom. The summed E-state index contributed by atoms with van der Waals surface area (Å²) in [6, 6.07) is 5.63. The van der Waals surface area contributed by atoms with E-state index in [4.69, 9.17) is 11.6 Å². The van der Waals surface area contributed by atoms with Crippen LogP contribution >= 0.6 is 22.9 Å². The molecule has 1 saturated heterocycles. The van der Waals surface area contributed by atoms with E-state index in [1.54, 1.807) is 11.5 Å². The zero-order chi connectivity index (χ0) is 19.2. The molecule has 4 rings (SSSR count). The van der Waals surface area contributed by atoms with E-state index in [-0.39, 0.29) is 21.8 Å². The number of thiazole rings is 1. The van der Waals surface area contributed by atoms with E-state index in [2.05, 4.69) is 9.71 Å². The van der Waals surface area contributed by atoms with Crippen molar-refractivity contribution < 1.29 is 18.0 Å². The Labute approximate surface area is 164 Å². The lowest BCUT2D eigenvalue weighted by atomic mass is 9.85. The molecule has 1 aromatic heterocycles. The molecular weight excluding hydrogens is 410 g/mol. The summed E-state index contributed by atoms with van der Waals surface area (Å²) in [6.07, 6.45) is 4.07. The number of allylic oxidation sites excluding steroid dienone is 2. The first-order valence-electron chi connectivity index (χ1n) is 8.11. The topological polar surface area (TPSA) is 96.4 Å². The molecule has 0 unspecified atom stereocenters. The molecule has 1 aromatic carbocycles. The number of amides is 2. The predicted octanol–water partition coefficient (Wildman–Crippen LogP) is 2.97. The molecule has 1 N–H and O–H groups in total. The van der Waals surface area contributed by atoms with E-state index in [0.717, 1.165) is 4.90 Å². The third-order valence-corrected chi connectivity index (χ3v) is 7.11. The lowest BCUT2D eigenvalue weighted by Gasteiger charge is -2.17. The highest BCUT2D eigenvalue weighted by Gasteiger charge is 2.48. The van der Waals surface area contributed by atoms with Gasteiger partial charge in [-0.2, -0.15) is 0 Å². The van der Waals surface area contributed by atoms with Gasteiger partial charge in [-0.1, -0.05) is 17.7 Å². The Morgan fingerprint density at radius 1 is 1.15 bits per heavy atom. The van der Waals surface area contributed by atoms with Crippen molar-refractivity contribution in [1.82, 2.24) is 4.98 Å². The van der Waals surface area contributed by atoms with Gasteiger partial charge in [0.15, 0.2) is 5.13 Å². The van der Waals surface area contributed by atoms with Gasteiger partial charge in [0.1, 0.15) is 0 Å². The first kappa shape index (κ1) is 18.1. The van der Waals surface area contributed by atoms with Gasteiger partial charge in [0, 0.05) is 16.6 Å². The summed E-state index contributed by atoms with van der Waals surface area (Å²) >= 11 is 7.19. The number of halogens is 1. The number of fused-ring (bicyclic) bond motifs is 1. The van der Waals surface area contributed by atoms with Crippen LogP contribution in [-0.2, 0) is 19.6 Å². The van der Waals surface area contributed by atoms with Crippen molar-refractivity contribution in [2.24, 2.45) is 11.8 Å². The van der Waals surface area contributed by atoms with Gasteiger partial charge in [-0.15, -0.1) is 11.3 Å². The van der Waals surface area contributed by atoms with Crippen molar-refractivity contribution in [1.29, 1.82) is 0 Å². The molecule has 0 radical (unpaired) electrons. The number of hydrogen-bond donors (Lipinski definition) is 1. The fraction of sp³-hybridized carbons (Fsp3) is 0.235. The predicted molar refractivity (Wildman–Crippen MR) is 102 cm³/mol. The molecule has 10 heteroatoms. The number of sulfonamides is 1. The molecule has 2 heterocycles. The second kappa shape index (κ2) is 6.74. The van der Waals surface area contributed by atoms with Crippen LogP contribution < -0.4 is 9.62 Å². The second-order valence-electron chi connectivity index (χ2n) is 6.25. The number of rotatable bonds is 4.